The Morgan fingerprint density at radius 2 is 1.87 bits per heavy atom. The van der Waals surface area contributed by atoms with Gasteiger partial charge in [-0.1, -0.05) is 55.2 Å². The molecule has 0 aromatic carbocycles. The van der Waals surface area contributed by atoms with Crippen LogP contribution in [-0.4, -0.2) is 100 Å². The number of methoxy groups -OCH3 is 1. The number of nitrogens with one attached hydrogen (secondary N) is 3. The molecule has 284 valence electrons. The van der Waals surface area contributed by atoms with Crippen LogP contribution in [0.15, 0.2) is 112 Å². The van der Waals surface area contributed by atoms with Crippen molar-refractivity contribution in [1.82, 2.24) is 25.8 Å². The van der Waals surface area contributed by atoms with E-state index in [2.05, 4.69) is 112 Å². The Bertz CT molecular complexity index is 1500. The van der Waals surface area contributed by atoms with Crippen LogP contribution in [0.1, 0.15) is 72.1 Å². The van der Waals surface area contributed by atoms with Gasteiger partial charge in [-0.05, 0) is 121 Å². The summed E-state index contributed by atoms with van der Waals surface area (Å²) in [7, 11) is 7.75. The molecule has 2 aliphatic carbocycles. The second-order valence-electron chi connectivity index (χ2n) is 14.6. The van der Waals surface area contributed by atoms with Gasteiger partial charge in [0.15, 0.2) is 5.88 Å². The van der Waals surface area contributed by atoms with Crippen molar-refractivity contribution in [2.45, 2.75) is 96.3 Å². The summed E-state index contributed by atoms with van der Waals surface area (Å²) < 4.78 is 5.37. The maximum Gasteiger partial charge on any atom is 0.179 e. The summed E-state index contributed by atoms with van der Waals surface area (Å²) in [5, 5.41) is 10.8. The number of likely N-dealkylation sites (tertiary alicyclic amines) is 2. The van der Waals surface area contributed by atoms with Gasteiger partial charge in [-0.2, -0.15) is 0 Å². The van der Waals surface area contributed by atoms with Crippen molar-refractivity contribution in [1.29, 1.82) is 0 Å². The van der Waals surface area contributed by atoms with Gasteiger partial charge in [0.1, 0.15) is 11.7 Å². The van der Waals surface area contributed by atoms with E-state index in [1.807, 2.05) is 34.0 Å². The predicted octanol–water partition coefficient (Wildman–Crippen LogP) is 7.26. The molecular formula is C44H67N7O. The van der Waals surface area contributed by atoms with Crippen molar-refractivity contribution in [3.8, 4) is 0 Å². The monoisotopic (exact) mass is 710 g/mol. The number of rotatable bonds is 17. The minimum Gasteiger partial charge on any atom is -0.483 e. The maximum absolute atomic E-state index is 5.37. The van der Waals surface area contributed by atoms with Crippen molar-refractivity contribution >= 4 is 11.7 Å². The van der Waals surface area contributed by atoms with Gasteiger partial charge in [-0.15, -0.1) is 5.73 Å². The van der Waals surface area contributed by atoms with Crippen molar-refractivity contribution in [3.05, 3.63) is 102 Å². The second-order valence-corrected chi connectivity index (χ2v) is 14.6. The van der Waals surface area contributed by atoms with Crippen molar-refractivity contribution in [3.63, 3.8) is 0 Å². The lowest BCUT2D eigenvalue weighted by molar-refractivity contribution is 0.220. The summed E-state index contributed by atoms with van der Waals surface area (Å²) in [4.78, 5) is 14.4. The Labute approximate surface area is 315 Å². The Kier molecular flexibility index (Phi) is 16.5. The van der Waals surface area contributed by atoms with Crippen LogP contribution in [0.25, 0.3) is 0 Å². The van der Waals surface area contributed by atoms with Gasteiger partial charge in [-0.25, -0.2) is 0 Å². The molecule has 3 fully saturated rings. The Morgan fingerprint density at radius 1 is 1.10 bits per heavy atom. The van der Waals surface area contributed by atoms with Gasteiger partial charge in [0.25, 0.3) is 0 Å². The first-order valence-corrected chi connectivity index (χ1v) is 19.5. The number of likely N-dealkylation sites (N-methyl/N-ethyl adjacent to an activating group) is 1. The van der Waals surface area contributed by atoms with Gasteiger partial charge >= 0.3 is 0 Å². The highest BCUT2D eigenvalue weighted by atomic mass is 16.5. The Hall–Kier alpha value is -3.84. The average Bonchev–Trinajstić information content (AvgIpc) is 3.90. The third-order valence-electron chi connectivity index (χ3n) is 11.3. The van der Waals surface area contributed by atoms with Crippen molar-refractivity contribution in [2.75, 3.05) is 54.4 Å². The van der Waals surface area contributed by atoms with E-state index in [4.69, 9.17) is 9.73 Å². The highest BCUT2D eigenvalue weighted by Gasteiger charge is 2.45. The van der Waals surface area contributed by atoms with E-state index < -0.39 is 0 Å². The second kappa shape index (κ2) is 21.0. The number of hydrogen-bond acceptors (Lipinski definition) is 6. The van der Waals surface area contributed by atoms with E-state index in [0.29, 0.717) is 11.9 Å². The van der Waals surface area contributed by atoms with E-state index >= 15 is 0 Å². The van der Waals surface area contributed by atoms with Crippen LogP contribution in [0.2, 0.25) is 0 Å². The first-order chi connectivity index (χ1) is 25.2. The van der Waals surface area contributed by atoms with Crippen LogP contribution in [0.3, 0.4) is 0 Å². The van der Waals surface area contributed by atoms with Gasteiger partial charge in [-0.3, -0.25) is 19.8 Å². The number of aliphatic imine (C=N–C) groups is 2. The minimum atomic E-state index is 0.0993. The summed E-state index contributed by atoms with van der Waals surface area (Å²) in [6.45, 7) is 18.3. The highest BCUT2D eigenvalue weighted by Crippen LogP contribution is 2.41. The molecule has 4 rings (SSSR count). The molecule has 0 spiro atoms. The summed E-state index contributed by atoms with van der Waals surface area (Å²) in [5.41, 5.74) is 8.41. The first-order valence-electron chi connectivity index (χ1n) is 19.5. The maximum atomic E-state index is 5.37. The van der Waals surface area contributed by atoms with Gasteiger partial charge < -0.3 is 20.7 Å². The van der Waals surface area contributed by atoms with E-state index in [1.54, 1.807) is 7.11 Å². The zero-order valence-corrected chi connectivity index (χ0v) is 33.3. The fourth-order valence-electron chi connectivity index (χ4n) is 8.35. The molecule has 4 unspecified atom stereocenters. The number of amidine groups is 2. The number of allylic oxidation sites excluding steroid dienone is 9. The van der Waals surface area contributed by atoms with Crippen LogP contribution in [-0.2, 0) is 4.74 Å². The van der Waals surface area contributed by atoms with E-state index in [-0.39, 0.29) is 18.0 Å². The summed E-state index contributed by atoms with van der Waals surface area (Å²) in [6, 6.07) is 1.56. The molecule has 2 aliphatic heterocycles. The van der Waals surface area contributed by atoms with Crippen LogP contribution in [0.5, 0.6) is 0 Å². The third kappa shape index (κ3) is 11.1. The third-order valence-corrected chi connectivity index (χ3v) is 11.3. The number of ether oxygens (including phenoxy) is 1. The molecule has 1 saturated carbocycles. The smallest absolute Gasteiger partial charge is 0.179 e. The summed E-state index contributed by atoms with van der Waals surface area (Å²) >= 11 is 0. The summed E-state index contributed by atoms with van der Waals surface area (Å²) in [5.74, 6) is 3.83. The molecule has 0 aromatic rings. The molecular weight excluding hydrogens is 643 g/mol. The van der Waals surface area contributed by atoms with Gasteiger partial charge in [0.2, 0.25) is 0 Å². The lowest BCUT2D eigenvalue weighted by Crippen LogP contribution is -2.49. The molecule has 3 N–H and O–H groups in total. The molecule has 0 amide bonds. The average molecular weight is 710 g/mol. The topological polar surface area (TPSA) is 76.5 Å². The highest BCUT2D eigenvalue weighted by molar-refractivity contribution is 5.88. The summed E-state index contributed by atoms with van der Waals surface area (Å²) in [6.07, 6.45) is 28.7. The predicted molar refractivity (Wildman–Crippen MR) is 222 cm³/mol. The molecule has 8 nitrogen and oxygen atoms in total. The van der Waals surface area contributed by atoms with Crippen LogP contribution in [0, 0.1) is 11.8 Å². The number of hydrogen-bond donors (Lipinski definition) is 3. The molecule has 8 heteroatoms. The van der Waals surface area contributed by atoms with Crippen molar-refractivity contribution < 1.29 is 4.74 Å². The number of piperidine rings is 1. The quantitative estimate of drug-likeness (QED) is 0.0369. The molecule has 2 bridgehead atoms. The zero-order chi connectivity index (χ0) is 37.5. The van der Waals surface area contributed by atoms with Gasteiger partial charge in [0.05, 0.1) is 25.2 Å². The molecule has 2 saturated heterocycles. The molecule has 0 aromatic heterocycles. The minimum absolute atomic E-state index is 0.0993. The van der Waals surface area contributed by atoms with Crippen LogP contribution < -0.4 is 16.0 Å². The van der Waals surface area contributed by atoms with E-state index in [1.165, 1.54) is 36.0 Å². The lowest BCUT2D eigenvalue weighted by Gasteiger charge is -2.33. The van der Waals surface area contributed by atoms with Gasteiger partial charge in [0, 0.05) is 51.3 Å². The van der Waals surface area contributed by atoms with Crippen LogP contribution >= 0.6 is 0 Å². The largest absolute Gasteiger partial charge is 0.483 e. The molecule has 2 heterocycles. The number of nitrogens with zero attached hydrogens (tertiary/aromatic N) is 4. The van der Waals surface area contributed by atoms with Crippen LogP contribution in [0.4, 0.5) is 0 Å². The van der Waals surface area contributed by atoms with E-state index in [0.717, 1.165) is 87.5 Å². The Balaban J connectivity index is 1.27. The fraction of sp³-hybridized carbons (Fsp3) is 0.568. The van der Waals surface area contributed by atoms with Crippen molar-refractivity contribution in [2.24, 2.45) is 21.8 Å². The fourth-order valence-corrected chi connectivity index (χ4v) is 8.35. The Morgan fingerprint density at radius 3 is 2.56 bits per heavy atom. The molecule has 4 aliphatic rings. The van der Waals surface area contributed by atoms with E-state index in [9.17, 15) is 0 Å². The molecule has 52 heavy (non-hydrogen) atoms. The standard InChI is InChI=1S/C44H67N7O/c1-10-12-18-33(4)40(49-34(5)52-9)31-51-28-16-21-41(51)43(45-6)47-27-15-20-35-22-23-36(29-37(35)17-11-2)32(3)19-13-14-26-48-44(46-7)42-38-24-25-39(30-38)50(42)8/h10-13,18-20,22-23,36,38-42,49H,3,5,14-16,21,24-31H2,1-2,4,6-9H3,(H,45,47)(H,46,48)/b12-10-,19-13-,33-18+,35-20-/t17?,36?,38-,39+,40?,41?,42?/m0/s1. The zero-order valence-electron chi connectivity index (χ0n) is 33.3. The molecule has 0 radical (unpaired) electrons. The SMILES string of the molecule is C=C(NC(CN1CCCC1C(=NC)NCC/C=C1/C=CC(C(=C)/C=C\CCNC(=NC)C2[C@H]3CC[C@H](C3)N2C)CC1=C=CC)/C(C)=C/C=C\C)OC. The first kappa shape index (κ1) is 40.9. The molecule has 6 atom stereocenters. The normalized spacial score (nSPS) is 27.1. The lowest BCUT2D eigenvalue weighted by atomic mass is 9.83. The number of fused-ring (bicyclic) bond motifs is 2.